The predicted octanol–water partition coefficient (Wildman–Crippen LogP) is 1.52. The Morgan fingerprint density at radius 3 is 2.33 bits per heavy atom. The molecule has 0 aliphatic rings. The number of ether oxygens (including phenoxy) is 1. The SMILES string of the molecule is CCOc1ccc(CN(CC(=O)O)C(C)=O)cc1. The topological polar surface area (TPSA) is 66.8 Å². The highest BCUT2D eigenvalue weighted by atomic mass is 16.5. The predicted molar refractivity (Wildman–Crippen MR) is 66.3 cm³/mol. The normalized spacial score (nSPS) is 9.89. The molecule has 0 radical (unpaired) electrons. The van der Waals surface area contributed by atoms with Gasteiger partial charge in [-0.2, -0.15) is 0 Å². The van der Waals surface area contributed by atoms with Gasteiger partial charge in [0.05, 0.1) is 6.61 Å². The molecule has 5 nitrogen and oxygen atoms in total. The minimum absolute atomic E-state index is 0.258. The lowest BCUT2D eigenvalue weighted by Crippen LogP contribution is -2.33. The third kappa shape index (κ3) is 4.45. The molecule has 0 saturated heterocycles. The van der Waals surface area contributed by atoms with Gasteiger partial charge in [-0.05, 0) is 24.6 Å². The van der Waals surface area contributed by atoms with Crippen molar-refractivity contribution in [1.82, 2.24) is 4.90 Å². The number of carboxylic acid groups (broad SMARTS) is 1. The van der Waals surface area contributed by atoms with Crippen LogP contribution >= 0.6 is 0 Å². The third-order valence-corrected chi connectivity index (χ3v) is 2.38. The Kier molecular flexibility index (Phi) is 5.17. The minimum atomic E-state index is -1.02. The maximum Gasteiger partial charge on any atom is 0.323 e. The van der Waals surface area contributed by atoms with Gasteiger partial charge in [-0.1, -0.05) is 12.1 Å². The van der Waals surface area contributed by atoms with Gasteiger partial charge in [-0.15, -0.1) is 0 Å². The molecule has 1 aromatic rings. The van der Waals surface area contributed by atoms with Gasteiger partial charge in [0.1, 0.15) is 12.3 Å². The maximum atomic E-state index is 11.3. The molecule has 0 aliphatic heterocycles. The van der Waals surface area contributed by atoms with Crippen molar-refractivity contribution >= 4 is 11.9 Å². The Labute approximate surface area is 106 Å². The Bertz CT molecular complexity index is 414. The largest absolute Gasteiger partial charge is 0.494 e. The van der Waals surface area contributed by atoms with E-state index >= 15 is 0 Å². The number of amides is 1. The molecule has 0 bridgehead atoms. The summed E-state index contributed by atoms with van der Waals surface area (Å²) in [6.45, 7) is 3.85. The molecule has 0 unspecified atom stereocenters. The Morgan fingerprint density at radius 1 is 1.28 bits per heavy atom. The summed E-state index contributed by atoms with van der Waals surface area (Å²) in [6, 6.07) is 7.25. The number of benzene rings is 1. The fourth-order valence-corrected chi connectivity index (χ4v) is 1.52. The van der Waals surface area contributed by atoms with E-state index in [1.165, 1.54) is 11.8 Å². The first-order chi connectivity index (χ1) is 8.52. The summed E-state index contributed by atoms with van der Waals surface area (Å²) in [4.78, 5) is 23.2. The molecule has 0 fully saturated rings. The van der Waals surface area contributed by atoms with Crippen LogP contribution in [0.25, 0.3) is 0 Å². The van der Waals surface area contributed by atoms with Crippen LogP contribution < -0.4 is 4.74 Å². The highest BCUT2D eigenvalue weighted by Gasteiger charge is 2.13. The van der Waals surface area contributed by atoms with Crippen LogP contribution in [-0.2, 0) is 16.1 Å². The van der Waals surface area contributed by atoms with Crippen LogP contribution in [0.15, 0.2) is 24.3 Å². The van der Waals surface area contributed by atoms with E-state index in [9.17, 15) is 9.59 Å². The van der Waals surface area contributed by atoms with Crippen LogP contribution in [0.5, 0.6) is 5.75 Å². The van der Waals surface area contributed by atoms with Crippen LogP contribution in [0.4, 0.5) is 0 Å². The third-order valence-electron chi connectivity index (χ3n) is 2.38. The smallest absolute Gasteiger partial charge is 0.323 e. The van der Waals surface area contributed by atoms with Crippen molar-refractivity contribution in [2.75, 3.05) is 13.2 Å². The molecule has 0 heterocycles. The quantitative estimate of drug-likeness (QED) is 0.832. The Hall–Kier alpha value is -2.04. The zero-order valence-electron chi connectivity index (χ0n) is 10.5. The summed E-state index contributed by atoms with van der Waals surface area (Å²) in [6.07, 6.45) is 0. The molecule has 0 spiro atoms. The first-order valence-corrected chi connectivity index (χ1v) is 5.72. The molecule has 0 aliphatic carbocycles. The van der Waals surface area contributed by atoms with Crippen molar-refractivity contribution in [3.05, 3.63) is 29.8 Å². The molecule has 0 aromatic heterocycles. The highest BCUT2D eigenvalue weighted by Crippen LogP contribution is 2.13. The molecular formula is C13H17NO4. The van der Waals surface area contributed by atoms with E-state index in [1.807, 2.05) is 19.1 Å². The van der Waals surface area contributed by atoms with Gasteiger partial charge in [0.2, 0.25) is 5.91 Å². The molecule has 1 aromatic carbocycles. The lowest BCUT2D eigenvalue weighted by atomic mass is 10.2. The summed E-state index contributed by atoms with van der Waals surface area (Å²) in [5.41, 5.74) is 0.870. The summed E-state index contributed by atoms with van der Waals surface area (Å²) in [5, 5.41) is 8.71. The Morgan fingerprint density at radius 2 is 1.89 bits per heavy atom. The molecular weight excluding hydrogens is 234 g/mol. The summed E-state index contributed by atoms with van der Waals surface area (Å²) in [5.74, 6) is -0.517. The minimum Gasteiger partial charge on any atom is -0.494 e. The number of hydrogen-bond donors (Lipinski definition) is 1. The summed E-state index contributed by atoms with van der Waals surface area (Å²) >= 11 is 0. The van der Waals surface area contributed by atoms with Crippen molar-refractivity contribution in [2.45, 2.75) is 20.4 Å². The number of rotatable bonds is 6. The standard InChI is InChI=1S/C13H17NO4/c1-3-18-12-6-4-11(5-7-12)8-14(10(2)15)9-13(16)17/h4-7H,3,8-9H2,1-2H3,(H,16,17). The van der Waals surface area contributed by atoms with Crippen molar-refractivity contribution in [3.63, 3.8) is 0 Å². The van der Waals surface area contributed by atoms with Crippen LogP contribution in [0.1, 0.15) is 19.4 Å². The molecule has 0 saturated carbocycles. The second-order valence-corrected chi connectivity index (χ2v) is 3.85. The van der Waals surface area contributed by atoms with Crippen LogP contribution in [0.2, 0.25) is 0 Å². The zero-order valence-corrected chi connectivity index (χ0v) is 10.5. The van der Waals surface area contributed by atoms with E-state index in [0.717, 1.165) is 11.3 Å². The van der Waals surface area contributed by atoms with Gasteiger partial charge in [-0.25, -0.2) is 0 Å². The molecule has 98 valence electrons. The fraction of sp³-hybridized carbons (Fsp3) is 0.385. The number of carbonyl (C=O) groups excluding carboxylic acids is 1. The van der Waals surface area contributed by atoms with E-state index in [0.29, 0.717) is 6.61 Å². The molecule has 5 heteroatoms. The average Bonchev–Trinajstić information content (AvgIpc) is 2.30. The van der Waals surface area contributed by atoms with E-state index < -0.39 is 5.97 Å². The van der Waals surface area contributed by atoms with Gasteiger partial charge in [-0.3, -0.25) is 9.59 Å². The van der Waals surface area contributed by atoms with Gasteiger partial charge in [0.15, 0.2) is 0 Å². The molecule has 18 heavy (non-hydrogen) atoms. The lowest BCUT2D eigenvalue weighted by molar-refractivity contribution is -0.144. The van der Waals surface area contributed by atoms with Gasteiger partial charge in [0, 0.05) is 13.5 Å². The Balaban J connectivity index is 2.68. The van der Waals surface area contributed by atoms with Crippen LogP contribution in [-0.4, -0.2) is 35.0 Å². The molecule has 1 amide bonds. The fourth-order valence-electron chi connectivity index (χ4n) is 1.52. The lowest BCUT2D eigenvalue weighted by Gasteiger charge is -2.18. The molecule has 1 N–H and O–H groups in total. The number of carboxylic acids is 1. The molecule has 0 atom stereocenters. The van der Waals surface area contributed by atoms with E-state index in [-0.39, 0.29) is 19.0 Å². The first kappa shape index (κ1) is 14.0. The average molecular weight is 251 g/mol. The van der Waals surface area contributed by atoms with Crippen molar-refractivity contribution in [1.29, 1.82) is 0 Å². The second kappa shape index (κ2) is 6.64. The number of carbonyl (C=O) groups is 2. The van der Waals surface area contributed by atoms with Crippen molar-refractivity contribution in [2.24, 2.45) is 0 Å². The first-order valence-electron chi connectivity index (χ1n) is 5.72. The van der Waals surface area contributed by atoms with Gasteiger partial charge in [0.25, 0.3) is 0 Å². The summed E-state index contributed by atoms with van der Waals surface area (Å²) < 4.78 is 5.30. The van der Waals surface area contributed by atoms with Gasteiger partial charge >= 0.3 is 5.97 Å². The monoisotopic (exact) mass is 251 g/mol. The summed E-state index contributed by atoms with van der Waals surface area (Å²) in [7, 11) is 0. The van der Waals surface area contributed by atoms with Gasteiger partial charge < -0.3 is 14.7 Å². The maximum absolute atomic E-state index is 11.3. The second-order valence-electron chi connectivity index (χ2n) is 3.85. The number of aliphatic carboxylic acids is 1. The van der Waals surface area contributed by atoms with Crippen molar-refractivity contribution in [3.8, 4) is 5.75 Å². The van der Waals surface area contributed by atoms with E-state index in [1.54, 1.807) is 12.1 Å². The number of hydrogen-bond acceptors (Lipinski definition) is 3. The zero-order chi connectivity index (χ0) is 13.5. The van der Waals surface area contributed by atoms with Crippen LogP contribution in [0.3, 0.4) is 0 Å². The van der Waals surface area contributed by atoms with Crippen LogP contribution in [0, 0.1) is 0 Å². The van der Waals surface area contributed by atoms with E-state index in [4.69, 9.17) is 9.84 Å². The van der Waals surface area contributed by atoms with Crippen molar-refractivity contribution < 1.29 is 19.4 Å². The molecule has 1 rings (SSSR count). The number of nitrogens with zero attached hydrogens (tertiary/aromatic N) is 1. The highest BCUT2D eigenvalue weighted by molar-refractivity contribution is 5.79. The van der Waals surface area contributed by atoms with E-state index in [2.05, 4.69) is 0 Å².